The van der Waals surface area contributed by atoms with Crippen molar-refractivity contribution in [1.82, 2.24) is 14.7 Å². The van der Waals surface area contributed by atoms with Crippen LogP contribution in [0.1, 0.15) is 39.5 Å². The van der Waals surface area contributed by atoms with Crippen molar-refractivity contribution in [1.29, 1.82) is 0 Å². The molecule has 1 spiro atoms. The number of ether oxygens (including phenoxy) is 2. The highest BCUT2D eigenvalue weighted by atomic mass is 32.2. The molecule has 250 valence electrons. The van der Waals surface area contributed by atoms with Crippen LogP contribution in [0.3, 0.4) is 0 Å². The maximum absolute atomic E-state index is 14.7. The summed E-state index contributed by atoms with van der Waals surface area (Å²) in [6.45, 7) is 10.5. The highest BCUT2D eigenvalue weighted by Crippen LogP contribution is 2.65. The lowest BCUT2D eigenvalue weighted by Gasteiger charge is -2.37. The minimum atomic E-state index is -0.853. The molecule has 6 rings (SSSR count). The highest BCUT2D eigenvalue weighted by molar-refractivity contribution is 8.02. The van der Waals surface area contributed by atoms with Crippen molar-refractivity contribution in [3.63, 3.8) is 0 Å². The first-order valence-corrected chi connectivity index (χ1v) is 17.7. The molecule has 1 unspecified atom stereocenters. The van der Waals surface area contributed by atoms with Gasteiger partial charge >= 0.3 is 0 Å². The van der Waals surface area contributed by atoms with Gasteiger partial charge in [-0.1, -0.05) is 37.1 Å². The van der Waals surface area contributed by atoms with Gasteiger partial charge in [-0.2, -0.15) is 0 Å². The monoisotopic (exact) mass is 652 g/mol. The Bertz CT molecular complexity index is 1330. The second-order valence-corrected chi connectivity index (χ2v) is 14.9. The van der Waals surface area contributed by atoms with Gasteiger partial charge in [0, 0.05) is 62.9 Å². The fourth-order valence-corrected chi connectivity index (χ4v) is 10.1. The van der Waals surface area contributed by atoms with Crippen molar-refractivity contribution in [3.05, 3.63) is 48.6 Å². The number of carbonyl (C=O) groups excluding carboxylic acids is 3. The SMILES string of the molecule is CCOc1ccc(N2CC=C[C@@]3(C)S[C@]45C=CCN(CCN6CCOCC6)C(=O)C4N(CCCCCCO)C(=O)[C@@H]5[C@H]3C2=O)cc1. The molecular formula is C35H48N4O6S. The summed E-state index contributed by atoms with van der Waals surface area (Å²) in [4.78, 5) is 51.8. The smallest absolute Gasteiger partial charge is 0.247 e. The molecular weight excluding hydrogens is 604 g/mol. The number of hydrogen-bond donors (Lipinski definition) is 1. The molecule has 1 N–H and O–H groups in total. The molecule has 0 saturated carbocycles. The predicted octanol–water partition coefficient (Wildman–Crippen LogP) is 2.96. The Morgan fingerprint density at radius 3 is 2.37 bits per heavy atom. The number of carbonyl (C=O) groups is 3. The topological polar surface area (TPSA) is 103 Å². The van der Waals surface area contributed by atoms with E-state index in [0.29, 0.717) is 46.0 Å². The zero-order valence-electron chi connectivity index (χ0n) is 27.1. The first-order valence-electron chi connectivity index (χ1n) is 16.9. The van der Waals surface area contributed by atoms with Crippen molar-refractivity contribution in [2.24, 2.45) is 11.8 Å². The Morgan fingerprint density at radius 2 is 1.63 bits per heavy atom. The Balaban J connectivity index is 1.32. The number of anilines is 1. The predicted molar refractivity (Wildman–Crippen MR) is 179 cm³/mol. The summed E-state index contributed by atoms with van der Waals surface area (Å²) >= 11 is 1.63. The average Bonchev–Trinajstić information content (AvgIpc) is 3.32. The van der Waals surface area contributed by atoms with Gasteiger partial charge < -0.3 is 29.3 Å². The van der Waals surface area contributed by atoms with Crippen LogP contribution in [0.2, 0.25) is 0 Å². The summed E-state index contributed by atoms with van der Waals surface area (Å²) < 4.78 is 9.63. The minimum Gasteiger partial charge on any atom is -0.494 e. The van der Waals surface area contributed by atoms with E-state index in [9.17, 15) is 19.5 Å². The van der Waals surface area contributed by atoms with Gasteiger partial charge in [0.2, 0.25) is 17.7 Å². The minimum absolute atomic E-state index is 0.0307. The van der Waals surface area contributed by atoms with E-state index in [1.165, 1.54) is 0 Å². The van der Waals surface area contributed by atoms with E-state index in [0.717, 1.165) is 56.8 Å². The number of fused-ring (bicyclic) bond motifs is 2. The second kappa shape index (κ2) is 14.1. The van der Waals surface area contributed by atoms with Crippen LogP contribution in [0, 0.1) is 11.8 Å². The molecule has 3 amide bonds. The molecule has 0 radical (unpaired) electrons. The second-order valence-electron chi connectivity index (χ2n) is 13.1. The van der Waals surface area contributed by atoms with Gasteiger partial charge in [-0.05, 0) is 51.0 Å². The lowest BCUT2D eigenvalue weighted by Crippen LogP contribution is -2.54. The summed E-state index contributed by atoms with van der Waals surface area (Å²) in [5.41, 5.74) is 0.762. The number of aliphatic hydroxyl groups is 1. The molecule has 11 heteroatoms. The molecule has 0 bridgehead atoms. The maximum Gasteiger partial charge on any atom is 0.247 e. The van der Waals surface area contributed by atoms with E-state index < -0.39 is 27.4 Å². The first-order chi connectivity index (χ1) is 22.3. The molecule has 3 fully saturated rings. The van der Waals surface area contributed by atoms with Gasteiger partial charge in [0.25, 0.3) is 0 Å². The summed E-state index contributed by atoms with van der Waals surface area (Å²) in [5, 5.41) is 9.26. The van der Waals surface area contributed by atoms with Crippen LogP contribution in [0.25, 0.3) is 0 Å². The van der Waals surface area contributed by atoms with Crippen molar-refractivity contribution >= 4 is 35.2 Å². The number of hydrogen-bond acceptors (Lipinski definition) is 8. The zero-order valence-corrected chi connectivity index (χ0v) is 28.0. The molecule has 3 saturated heterocycles. The van der Waals surface area contributed by atoms with Gasteiger partial charge in [0.05, 0.1) is 36.4 Å². The van der Waals surface area contributed by atoms with Crippen LogP contribution in [-0.2, 0) is 19.1 Å². The van der Waals surface area contributed by atoms with E-state index in [1.807, 2.05) is 42.2 Å². The maximum atomic E-state index is 14.7. The van der Waals surface area contributed by atoms with E-state index in [2.05, 4.69) is 30.1 Å². The van der Waals surface area contributed by atoms with Crippen LogP contribution >= 0.6 is 11.8 Å². The summed E-state index contributed by atoms with van der Waals surface area (Å²) in [6.07, 6.45) is 11.5. The fourth-order valence-electron chi connectivity index (χ4n) is 7.96. The van der Waals surface area contributed by atoms with Gasteiger partial charge in [-0.3, -0.25) is 19.3 Å². The largest absolute Gasteiger partial charge is 0.494 e. The molecule has 0 aliphatic carbocycles. The third-order valence-corrected chi connectivity index (χ3v) is 12.0. The van der Waals surface area contributed by atoms with Gasteiger partial charge in [-0.15, -0.1) is 11.8 Å². The van der Waals surface area contributed by atoms with Crippen molar-refractivity contribution < 1.29 is 29.0 Å². The van der Waals surface area contributed by atoms with E-state index >= 15 is 0 Å². The number of thioether (sulfide) groups is 1. The number of amides is 3. The fraction of sp³-hybridized carbons (Fsp3) is 0.629. The molecule has 1 aromatic rings. The molecule has 5 aliphatic heterocycles. The van der Waals surface area contributed by atoms with Crippen LogP contribution in [-0.4, -0.2) is 125 Å². The van der Waals surface area contributed by atoms with Crippen LogP contribution in [0.15, 0.2) is 48.6 Å². The van der Waals surface area contributed by atoms with Crippen LogP contribution < -0.4 is 9.64 Å². The summed E-state index contributed by atoms with van der Waals surface area (Å²) in [5.74, 6) is -0.766. The highest BCUT2D eigenvalue weighted by Gasteiger charge is 2.73. The van der Waals surface area contributed by atoms with Gasteiger partial charge in [-0.25, -0.2) is 0 Å². The van der Waals surface area contributed by atoms with E-state index in [4.69, 9.17) is 9.47 Å². The molecule has 5 heterocycles. The lowest BCUT2D eigenvalue weighted by molar-refractivity contribution is -0.143. The number of benzene rings is 1. The Morgan fingerprint density at radius 1 is 0.891 bits per heavy atom. The third kappa shape index (κ3) is 6.11. The molecule has 46 heavy (non-hydrogen) atoms. The normalized spacial score (nSPS) is 31.2. The molecule has 10 nitrogen and oxygen atoms in total. The number of aliphatic hydroxyl groups excluding tert-OH is 1. The van der Waals surface area contributed by atoms with Gasteiger partial charge in [0.15, 0.2) is 0 Å². The van der Waals surface area contributed by atoms with Crippen molar-refractivity contribution in [2.75, 3.05) is 77.1 Å². The number of morpholine rings is 1. The van der Waals surface area contributed by atoms with Crippen molar-refractivity contribution in [2.45, 2.75) is 55.1 Å². The summed E-state index contributed by atoms with van der Waals surface area (Å²) in [7, 11) is 0. The summed E-state index contributed by atoms with van der Waals surface area (Å²) in [6, 6.07) is 6.87. The Labute approximate surface area is 276 Å². The number of unbranched alkanes of at least 4 members (excludes halogenated alkanes) is 3. The Hall–Kier alpha value is -2.86. The molecule has 5 aliphatic rings. The van der Waals surface area contributed by atoms with Crippen LogP contribution in [0.4, 0.5) is 5.69 Å². The average molecular weight is 653 g/mol. The number of nitrogens with zero attached hydrogens (tertiary/aromatic N) is 4. The molecule has 0 aromatic heterocycles. The standard InChI is InChI=1S/C35H48N4O6S/c1-3-45-27-12-10-26(11-13-27)38-18-8-14-34(2)28(31(38)41)29-32(42)39(17-6-4-5-7-23-40)30-33(43)37(16-9-15-35(29,30)46-34)20-19-36-21-24-44-25-22-36/h8-15,28-30,40H,3-7,16-25H2,1-2H3/t28-,29-,30?,34+,35-/m0/s1. The lowest BCUT2D eigenvalue weighted by atomic mass is 9.74. The first kappa shape index (κ1) is 33.1. The van der Waals surface area contributed by atoms with Crippen LogP contribution in [0.5, 0.6) is 5.75 Å². The van der Waals surface area contributed by atoms with Crippen molar-refractivity contribution in [3.8, 4) is 5.75 Å². The quantitative estimate of drug-likeness (QED) is 0.272. The Kier molecular flexibility index (Phi) is 10.1. The number of rotatable bonds is 12. The van der Waals surface area contributed by atoms with Gasteiger partial charge in [0.1, 0.15) is 11.8 Å². The third-order valence-electron chi connectivity index (χ3n) is 10.2. The van der Waals surface area contributed by atoms with E-state index in [-0.39, 0.29) is 24.3 Å². The molecule has 1 aromatic carbocycles. The van der Waals surface area contributed by atoms with E-state index in [1.54, 1.807) is 21.6 Å². The molecule has 5 atom stereocenters. The number of likely N-dealkylation sites (tertiary alicyclic amines) is 1. The zero-order chi connectivity index (χ0) is 32.3.